The van der Waals surface area contributed by atoms with E-state index in [0.29, 0.717) is 29.2 Å². The molecule has 0 saturated heterocycles. The van der Waals surface area contributed by atoms with E-state index in [4.69, 9.17) is 9.47 Å². The number of amides is 2. The first kappa shape index (κ1) is 26.7. The van der Waals surface area contributed by atoms with Gasteiger partial charge in [-0.3, -0.25) is 9.59 Å². The molecule has 192 valence electrons. The lowest BCUT2D eigenvalue weighted by atomic mass is 10.1. The second kappa shape index (κ2) is 12.2. The number of benzene rings is 2. The molecule has 36 heavy (non-hydrogen) atoms. The highest BCUT2D eigenvalue weighted by Gasteiger charge is 2.16. The number of halogens is 2. The van der Waals surface area contributed by atoms with E-state index in [9.17, 15) is 18.4 Å². The minimum absolute atomic E-state index is 0.149. The number of carbonyl (C=O) groups excluding carboxylic acids is 2. The van der Waals surface area contributed by atoms with Gasteiger partial charge in [0.2, 0.25) is 11.8 Å². The quantitative estimate of drug-likeness (QED) is 0.253. The number of aromatic nitrogens is 2. The first-order valence-electron chi connectivity index (χ1n) is 11.3. The molecule has 0 aliphatic carbocycles. The van der Waals surface area contributed by atoms with Crippen LogP contribution < -0.4 is 20.7 Å². The minimum atomic E-state index is -1.39. The molecular weight excluding hydrogens is 472 g/mol. The Labute approximate surface area is 207 Å². The smallest absolute Gasteiger partial charge is 0.233 e. The summed E-state index contributed by atoms with van der Waals surface area (Å²) in [5.41, 5.74) is 0.0488. The van der Waals surface area contributed by atoms with Crippen molar-refractivity contribution in [3.8, 4) is 5.75 Å². The van der Waals surface area contributed by atoms with Gasteiger partial charge in [-0.2, -0.15) is 0 Å². The molecule has 0 aliphatic heterocycles. The van der Waals surface area contributed by atoms with Gasteiger partial charge in [-0.1, -0.05) is 0 Å². The van der Waals surface area contributed by atoms with E-state index >= 15 is 0 Å². The Morgan fingerprint density at radius 1 is 1.03 bits per heavy atom. The Morgan fingerprint density at radius 2 is 1.75 bits per heavy atom. The SMILES string of the molecule is COCCOc1cc(F)c2c(Nc3ccc(NC(=O)CC(=O)NCCC(C)(C)F)cc3)ncnc2c1. The van der Waals surface area contributed by atoms with Crippen molar-refractivity contribution in [1.29, 1.82) is 0 Å². The number of hydrogen-bond donors (Lipinski definition) is 3. The van der Waals surface area contributed by atoms with Crippen LogP contribution in [0.2, 0.25) is 0 Å². The number of ether oxygens (including phenoxy) is 2. The van der Waals surface area contributed by atoms with Crippen LogP contribution in [0.25, 0.3) is 10.9 Å². The Bertz CT molecular complexity index is 1200. The maximum absolute atomic E-state index is 14.8. The normalized spacial score (nSPS) is 11.2. The van der Waals surface area contributed by atoms with E-state index in [0.717, 1.165) is 0 Å². The highest BCUT2D eigenvalue weighted by molar-refractivity contribution is 6.03. The summed E-state index contributed by atoms with van der Waals surface area (Å²) in [5, 5.41) is 8.40. The average molecular weight is 502 g/mol. The molecule has 0 saturated carbocycles. The van der Waals surface area contributed by atoms with Gasteiger partial charge in [-0.05, 0) is 44.5 Å². The van der Waals surface area contributed by atoms with Crippen LogP contribution in [-0.2, 0) is 14.3 Å². The van der Waals surface area contributed by atoms with Gasteiger partial charge in [0.1, 0.15) is 42.4 Å². The Morgan fingerprint density at radius 3 is 2.44 bits per heavy atom. The van der Waals surface area contributed by atoms with Crippen LogP contribution in [0.5, 0.6) is 5.75 Å². The van der Waals surface area contributed by atoms with Crippen molar-refractivity contribution < 1.29 is 27.8 Å². The van der Waals surface area contributed by atoms with Crippen molar-refractivity contribution in [1.82, 2.24) is 15.3 Å². The third-order valence-corrected chi connectivity index (χ3v) is 5.01. The zero-order chi connectivity index (χ0) is 26.1. The van der Waals surface area contributed by atoms with Crippen LogP contribution in [0.4, 0.5) is 26.0 Å². The highest BCUT2D eigenvalue weighted by Crippen LogP contribution is 2.29. The Kier molecular flexibility index (Phi) is 9.07. The number of nitrogens with one attached hydrogen (secondary N) is 3. The first-order valence-corrected chi connectivity index (χ1v) is 11.3. The molecule has 3 rings (SSSR count). The third-order valence-electron chi connectivity index (χ3n) is 5.01. The zero-order valence-electron chi connectivity index (χ0n) is 20.4. The van der Waals surface area contributed by atoms with E-state index in [-0.39, 0.29) is 37.2 Å². The number of nitrogens with zero attached hydrogens (tertiary/aromatic N) is 2. The van der Waals surface area contributed by atoms with Gasteiger partial charge in [-0.25, -0.2) is 18.7 Å². The van der Waals surface area contributed by atoms with Crippen LogP contribution in [-0.4, -0.2) is 54.3 Å². The molecule has 0 aliphatic rings. The molecular formula is C25H29F2N5O4. The molecule has 2 amide bonds. The summed E-state index contributed by atoms with van der Waals surface area (Å²) in [6.45, 7) is 3.65. The number of carbonyl (C=O) groups is 2. The summed E-state index contributed by atoms with van der Waals surface area (Å²) in [4.78, 5) is 32.2. The van der Waals surface area contributed by atoms with Crippen molar-refractivity contribution in [2.75, 3.05) is 37.5 Å². The maximum atomic E-state index is 14.8. The molecule has 0 fully saturated rings. The van der Waals surface area contributed by atoms with Gasteiger partial charge >= 0.3 is 0 Å². The van der Waals surface area contributed by atoms with Gasteiger partial charge in [0.15, 0.2) is 0 Å². The number of alkyl halides is 1. The largest absolute Gasteiger partial charge is 0.491 e. The van der Waals surface area contributed by atoms with Crippen LogP contribution in [0.1, 0.15) is 26.7 Å². The van der Waals surface area contributed by atoms with Crippen LogP contribution in [0.15, 0.2) is 42.7 Å². The van der Waals surface area contributed by atoms with Gasteiger partial charge in [-0.15, -0.1) is 0 Å². The lowest BCUT2D eigenvalue weighted by Gasteiger charge is -2.14. The molecule has 1 heterocycles. The number of hydrogen-bond acceptors (Lipinski definition) is 7. The summed E-state index contributed by atoms with van der Waals surface area (Å²) < 4.78 is 38.7. The molecule has 0 atom stereocenters. The molecule has 11 heteroatoms. The van der Waals surface area contributed by atoms with Crippen LogP contribution in [0.3, 0.4) is 0 Å². The van der Waals surface area contributed by atoms with Gasteiger partial charge in [0, 0.05) is 37.2 Å². The number of methoxy groups -OCH3 is 1. The molecule has 9 nitrogen and oxygen atoms in total. The fourth-order valence-electron chi connectivity index (χ4n) is 3.22. The number of fused-ring (bicyclic) bond motifs is 1. The van der Waals surface area contributed by atoms with E-state index in [1.54, 1.807) is 37.4 Å². The molecule has 3 aromatic rings. The Hall–Kier alpha value is -3.86. The second-order valence-electron chi connectivity index (χ2n) is 8.61. The van der Waals surface area contributed by atoms with Crippen molar-refractivity contribution in [3.05, 3.63) is 48.5 Å². The molecule has 0 bridgehead atoms. The first-order chi connectivity index (χ1) is 17.1. The predicted octanol–water partition coefficient (Wildman–Crippen LogP) is 4.12. The topological polar surface area (TPSA) is 114 Å². The van der Waals surface area contributed by atoms with Gasteiger partial charge < -0.3 is 25.4 Å². The summed E-state index contributed by atoms with van der Waals surface area (Å²) in [7, 11) is 1.55. The lowest BCUT2D eigenvalue weighted by molar-refractivity contribution is -0.126. The van der Waals surface area contributed by atoms with Crippen molar-refractivity contribution in [3.63, 3.8) is 0 Å². The molecule has 1 aromatic heterocycles. The molecule has 0 unspecified atom stereocenters. The molecule has 0 radical (unpaired) electrons. The van der Waals surface area contributed by atoms with Crippen molar-refractivity contribution in [2.24, 2.45) is 0 Å². The molecule has 2 aromatic carbocycles. The van der Waals surface area contributed by atoms with Crippen LogP contribution >= 0.6 is 0 Å². The fourth-order valence-corrected chi connectivity index (χ4v) is 3.22. The van der Waals surface area contributed by atoms with E-state index in [1.807, 2.05) is 0 Å². The fraction of sp³-hybridized carbons (Fsp3) is 0.360. The van der Waals surface area contributed by atoms with Crippen molar-refractivity contribution >= 4 is 39.9 Å². The zero-order valence-corrected chi connectivity index (χ0v) is 20.4. The third kappa shape index (κ3) is 8.12. The number of rotatable bonds is 12. The molecule has 3 N–H and O–H groups in total. The monoisotopic (exact) mass is 501 g/mol. The van der Waals surface area contributed by atoms with Gasteiger partial charge in [0.05, 0.1) is 17.5 Å². The average Bonchev–Trinajstić information content (AvgIpc) is 2.79. The summed E-state index contributed by atoms with van der Waals surface area (Å²) in [6.07, 6.45) is 1.09. The minimum Gasteiger partial charge on any atom is -0.491 e. The summed E-state index contributed by atoms with van der Waals surface area (Å²) >= 11 is 0. The Balaban J connectivity index is 1.60. The lowest BCUT2D eigenvalue weighted by Crippen LogP contribution is -2.31. The van der Waals surface area contributed by atoms with E-state index in [1.165, 1.54) is 26.2 Å². The van der Waals surface area contributed by atoms with E-state index in [2.05, 4.69) is 25.9 Å². The highest BCUT2D eigenvalue weighted by atomic mass is 19.1. The predicted molar refractivity (Wildman–Crippen MR) is 133 cm³/mol. The maximum Gasteiger partial charge on any atom is 0.233 e. The van der Waals surface area contributed by atoms with Crippen molar-refractivity contribution in [2.45, 2.75) is 32.4 Å². The molecule has 0 spiro atoms. The van der Waals surface area contributed by atoms with Gasteiger partial charge in [0.25, 0.3) is 0 Å². The summed E-state index contributed by atoms with van der Waals surface area (Å²) in [6, 6.07) is 9.49. The van der Waals surface area contributed by atoms with E-state index < -0.39 is 23.3 Å². The van der Waals surface area contributed by atoms with Crippen LogP contribution in [0, 0.1) is 5.82 Å². The second-order valence-corrected chi connectivity index (χ2v) is 8.61. The standard InChI is InChI=1S/C25H29F2N5O4/c1-25(2,27)8-9-28-21(33)14-22(34)31-16-4-6-17(7-5-16)32-24-23-19(26)12-18(36-11-10-35-3)13-20(23)29-15-30-24/h4-7,12-13,15H,8-11,14H2,1-3H3,(H,28,33)(H,31,34)(H,29,30,32). The summed E-state index contributed by atoms with van der Waals surface area (Å²) in [5.74, 6) is -0.923. The number of anilines is 3.